The normalized spacial score (nSPS) is 23.6. The average Bonchev–Trinajstić information content (AvgIpc) is 2.14. The summed E-state index contributed by atoms with van der Waals surface area (Å²) in [4.78, 5) is 2.32. The van der Waals surface area contributed by atoms with E-state index >= 15 is 0 Å². The van der Waals surface area contributed by atoms with E-state index in [1.807, 2.05) is 0 Å². The van der Waals surface area contributed by atoms with Crippen molar-refractivity contribution >= 4 is 0 Å². The maximum atomic E-state index is 4.16. The zero-order valence-electron chi connectivity index (χ0n) is 4.72. The van der Waals surface area contributed by atoms with Crippen LogP contribution in [0.2, 0.25) is 0 Å². The highest BCUT2D eigenvalue weighted by Gasteiger charge is 2.07. The van der Waals surface area contributed by atoms with Crippen LogP contribution in [0.5, 0.6) is 0 Å². The van der Waals surface area contributed by atoms with Crippen molar-refractivity contribution in [3.05, 3.63) is 0 Å². The second-order valence-electron chi connectivity index (χ2n) is 1.80. The Hall–Kier alpha value is -0.0800. The van der Waals surface area contributed by atoms with Crippen LogP contribution in [0.1, 0.15) is 6.92 Å². The van der Waals surface area contributed by atoms with Crippen molar-refractivity contribution in [2.45, 2.75) is 6.92 Å². The molecule has 0 unspecified atom stereocenters. The number of hydrogen-bond acceptors (Lipinski definition) is 1. The Bertz CT molecular complexity index is 48.0. The summed E-state index contributed by atoms with van der Waals surface area (Å²) < 4.78 is 0. The smallest absolute Gasteiger partial charge is 0.0649 e. The third-order valence-electron chi connectivity index (χ3n) is 1.32. The van der Waals surface area contributed by atoms with E-state index in [0.29, 0.717) is 0 Å². The van der Waals surface area contributed by atoms with Crippen molar-refractivity contribution < 1.29 is 0 Å². The van der Waals surface area contributed by atoms with Gasteiger partial charge in [-0.15, -0.1) is 0 Å². The molecule has 2 heteroatoms. The van der Waals surface area contributed by atoms with Crippen molar-refractivity contribution in [1.82, 2.24) is 10.2 Å². The molecule has 1 aliphatic heterocycles. The van der Waals surface area contributed by atoms with Gasteiger partial charge in [-0.05, 0) is 6.54 Å². The molecule has 0 N–H and O–H groups in total. The quantitative estimate of drug-likeness (QED) is 0.448. The summed E-state index contributed by atoms with van der Waals surface area (Å²) in [6.45, 7) is 6.52. The minimum Gasteiger partial charge on any atom is -0.288 e. The van der Waals surface area contributed by atoms with Crippen LogP contribution >= 0.6 is 0 Å². The predicted molar refractivity (Wildman–Crippen MR) is 29.1 cm³/mol. The molecule has 1 rings (SSSR count). The highest BCUT2D eigenvalue weighted by atomic mass is 15.3. The first-order valence-electron chi connectivity index (χ1n) is 2.79. The summed E-state index contributed by atoms with van der Waals surface area (Å²) >= 11 is 0. The minimum absolute atomic E-state index is 0.969. The van der Waals surface area contributed by atoms with E-state index in [-0.39, 0.29) is 0 Å². The summed E-state index contributed by atoms with van der Waals surface area (Å²) in [5, 5.41) is 4.16. The Morgan fingerprint density at radius 3 is 2.86 bits per heavy atom. The molecule has 0 aromatic heterocycles. The van der Waals surface area contributed by atoms with Crippen LogP contribution in [0.4, 0.5) is 0 Å². The van der Waals surface area contributed by atoms with E-state index in [1.54, 1.807) is 0 Å². The molecule has 0 aliphatic carbocycles. The lowest BCUT2D eigenvalue weighted by Gasteiger charge is -2.06. The van der Waals surface area contributed by atoms with Crippen LogP contribution in [-0.2, 0) is 0 Å². The summed E-state index contributed by atoms with van der Waals surface area (Å²) in [6.07, 6.45) is 0. The minimum atomic E-state index is 0.969. The third-order valence-corrected chi connectivity index (χ3v) is 1.32. The summed E-state index contributed by atoms with van der Waals surface area (Å²) in [7, 11) is 0. The molecule has 7 heavy (non-hydrogen) atoms. The standard InChI is InChI=1S/C5H11N2/c1-2-7-4-3-6-5-7/h2-5H2,1H3. The maximum absolute atomic E-state index is 4.16. The fourth-order valence-electron chi connectivity index (χ4n) is 0.753. The zero-order valence-corrected chi connectivity index (χ0v) is 4.72. The first-order chi connectivity index (χ1) is 3.43. The highest BCUT2D eigenvalue weighted by Crippen LogP contribution is 1.90. The van der Waals surface area contributed by atoms with Crippen LogP contribution in [-0.4, -0.2) is 31.2 Å². The van der Waals surface area contributed by atoms with Crippen molar-refractivity contribution in [2.75, 3.05) is 26.3 Å². The van der Waals surface area contributed by atoms with Gasteiger partial charge in [-0.2, -0.15) is 0 Å². The SMILES string of the molecule is CCN1CC[N]C1. The number of likely N-dealkylation sites (N-methyl/N-ethyl adjacent to an activating group) is 1. The molecular formula is C5H11N2. The second kappa shape index (κ2) is 2.28. The van der Waals surface area contributed by atoms with E-state index in [2.05, 4.69) is 17.1 Å². The van der Waals surface area contributed by atoms with E-state index in [9.17, 15) is 0 Å². The van der Waals surface area contributed by atoms with Crippen molar-refractivity contribution in [2.24, 2.45) is 0 Å². The Balaban J connectivity index is 2.14. The molecule has 0 atom stereocenters. The Kier molecular flexibility index (Phi) is 1.65. The first kappa shape index (κ1) is 5.06. The van der Waals surface area contributed by atoms with E-state index < -0.39 is 0 Å². The summed E-state index contributed by atoms with van der Waals surface area (Å²) in [6, 6.07) is 0. The van der Waals surface area contributed by atoms with Crippen LogP contribution in [0.15, 0.2) is 0 Å². The van der Waals surface area contributed by atoms with Gasteiger partial charge in [0.05, 0.1) is 6.67 Å². The lowest BCUT2D eigenvalue weighted by molar-refractivity contribution is 0.353. The molecule has 0 aromatic carbocycles. The molecule has 0 amide bonds. The molecule has 1 saturated heterocycles. The van der Waals surface area contributed by atoms with Gasteiger partial charge in [-0.1, -0.05) is 6.92 Å². The molecular weight excluding hydrogens is 88.1 g/mol. The van der Waals surface area contributed by atoms with Gasteiger partial charge in [0.1, 0.15) is 0 Å². The summed E-state index contributed by atoms with van der Waals surface area (Å²) in [5.41, 5.74) is 0. The molecule has 41 valence electrons. The Morgan fingerprint density at radius 2 is 2.57 bits per heavy atom. The lowest BCUT2D eigenvalue weighted by Crippen LogP contribution is -2.19. The van der Waals surface area contributed by atoms with Gasteiger partial charge in [0.15, 0.2) is 0 Å². The van der Waals surface area contributed by atoms with Crippen molar-refractivity contribution in [3.8, 4) is 0 Å². The van der Waals surface area contributed by atoms with Crippen LogP contribution in [0, 0.1) is 0 Å². The topological polar surface area (TPSA) is 17.3 Å². The molecule has 0 saturated carbocycles. The monoisotopic (exact) mass is 99.1 g/mol. The number of hydrogen-bond donors (Lipinski definition) is 0. The van der Waals surface area contributed by atoms with E-state index in [4.69, 9.17) is 0 Å². The predicted octanol–water partition coefficient (Wildman–Crippen LogP) is -0.116. The van der Waals surface area contributed by atoms with E-state index in [1.165, 1.54) is 6.54 Å². The largest absolute Gasteiger partial charge is 0.288 e. The highest BCUT2D eigenvalue weighted by molar-refractivity contribution is 4.62. The van der Waals surface area contributed by atoms with Gasteiger partial charge in [-0.3, -0.25) is 4.90 Å². The van der Waals surface area contributed by atoms with Crippen LogP contribution < -0.4 is 5.32 Å². The second-order valence-corrected chi connectivity index (χ2v) is 1.80. The summed E-state index contributed by atoms with van der Waals surface area (Å²) in [5.74, 6) is 0. The molecule has 0 aromatic rings. The zero-order chi connectivity index (χ0) is 5.11. The number of nitrogens with zero attached hydrogens (tertiary/aromatic N) is 2. The Morgan fingerprint density at radius 1 is 1.71 bits per heavy atom. The third kappa shape index (κ3) is 1.14. The van der Waals surface area contributed by atoms with Crippen molar-refractivity contribution in [3.63, 3.8) is 0 Å². The lowest BCUT2D eigenvalue weighted by atomic mass is 10.6. The Labute approximate surface area is 44.5 Å². The van der Waals surface area contributed by atoms with Crippen molar-refractivity contribution in [1.29, 1.82) is 0 Å². The molecule has 0 spiro atoms. The van der Waals surface area contributed by atoms with Gasteiger partial charge in [0.2, 0.25) is 0 Å². The van der Waals surface area contributed by atoms with E-state index in [0.717, 1.165) is 19.8 Å². The van der Waals surface area contributed by atoms with Gasteiger partial charge in [0, 0.05) is 13.1 Å². The fourth-order valence-corrected chi connectivity index (χ4v) is 0.753. The maximum Gasteiger partial charge on any atom is 0.0649 e. The van der Waals surface area contributed by atoms with Crippen LogP contribution in [0.3, 0.4) is 0 Å². The van der Waals surface area contributed by atoms with Crippen LogP contribution in [0.25, 0.3) is 0 Å². The van der Waals surface area contributed by atoms with Gasteiger partial charge in [0.25, 0.3) is 0 Å². The molecule has 1 radical (unpaired) electrons. The van der Waals surface area contributed by atoms with Gasteiger partial charge >= 0.3 is 0 Å². The fraction of sp³-hybridized carbons (Fsp3) is 1.00. The van der Waals surface area contributed by atoms with Gasteiger partial charge < -0.3 is 0 Å². The van der Waals surface area contributed by atoms with Gasteiger partial charge in [-0.25, -0.2) is 5.32 Å². The average molecular weight is 99.2 g/mol. The molecule has 2 nitrogen and oxygen atoms in total. The molecule has 1 aliphatic rings. The molecule has 1 heterocycles. The molecule has 1 fully saturated rings. The first-order valence-corrected chi connectivity index (χ1v) is 2.79. The number of rotatable bonds is 1. The molecule has 0 bridgehead atoms.